The van der Waals surface area contributed by atoms with Crippen LogP contribution in [0.25, 0.3) is 0 Å². The van der Waals surface area contributed by atoms with E-state index in [1.165, 1.54) is 0 Å². The Hall–Kier alpha value is -2.10. The van der Waals surface area contributed by atoms with Crippen LogP contribution in [0.5, 0.6) is 0 Å². The smallest absolute Gasteiger partial charge is 0.151 e. The number of rotatable bonds is 1. The molecular weight excluding hydrogens is 200 g/mol. The van der Waals surface area contributed by atoms with E-state index in [0.717, 1.165) is 30.3 Å². The van der Waals surface area contributed by atoms with Crippen LogP contribution in [-0.4, -0.2) is 23.1 Å². The second kappa shape index (κ2) is 3.81. The van der Waals surface area contributed by atoms with Gasteiger partial charge in [-0.3, -0.25) is 4.98 Å². The van der Waals surface area contributed by atoms with Gasteiger partial charge in [0.25, 0.3) is 0 Å². The van der Waals surface area contributed by atoms with Crippen molar-refractivity contribution >= 4 is 17.2 Å². The van der Waals surface area contributed by atoms with E-state index in [2.05, 4.69) is 32.3 Å². The molecule has 2 aromatic rings. The number of nitrogens with zero attached hydrogens (tertiary/aromatic N) is 3. The van der Waals surface area contributed by atoms with E-state index < -0.39 is 0 Å². The minimum atomic E-state index is 0.899. The highest BCUT2D eigenvalue weighted by Crippen LogP contribution is 2.32. The predicted molar refractivity (Wildman–Crippen MR) is 64.0 cm³/mol. The van der Waals surface area contributed by atoms with Gasteiger partial charge in [-0.15, -0.1) is 0 Å². The van der Waals surface area contributed by atoms with Crippen LogP contribution in [0.4, 0.5) is 17.2 Å². The number of benzene rings is 1. The van der Waals surface area contributed by atoms with E-state index in [4.69, 9.17) is 0 Å². The molecule has 0 spiro atoms. The monoisotopic (exact) mass is 212 g/mol. The topological polar surface area (TPSA) is 41.0 Å². The molecule has 0 radical (unpaired) electrons. The normalized spacial score (nSPS) is 14.1. The third-order valence-corrected chi connectivity index (χ3v) is 2.67. The number of hydrogen-bond donors (Lipinski definition) is 1. The maximum absolute atomic E-state index is 4.34. The van der Waals surface area contributed by atoms with Crippen molar-refractivity contribution in [1.82, 2.24) is 9.97 Å². The van der Waals surface area contributed by atoms with E-state index in [1.807, 2.05) is 12.1 Å². The van der Waals surface area contributed by atoms with Crippen molar-refractivity contribution in [3.63, 3.8) is 0 Å². The van der Waals surface area contributed by atoms with Crippen LogP contribution in [0.3, 0.4) is 0 Å². The van der Waals surface area contributed by atoms with Crippen LogP contribution >= 0.6 is 0 Å². The number of fused-ring (bicyclic) bond motifs is 1. The minimum Gasteiger partial charge on any atom is -0.382 e. The molecule has 0 amide bonds. The third kappa shape index (κ3) is 1.48. The minimum absolute atomic E-state index is 0.899. The zero-order chi connectivity index (χ0) is 10.8. The second-order valence-electron chi connectivity index (χ2n) is 3.66. The highest BCUT2D eigenvalue weighted by Gasteiger charge is 2.17. The Labute approximate surface area is 94.0 Å². The van der Waals surface area contributed by atoms with Gasteiger partial charge in [-0.1, -0.05) is 12.1 Å². The molecule has 1 aliphatic heterocycles. The molecule has 1 aromatic carbocycles. The summed E-state index contributed by atoms with van der Waals surface area (Å²) < 4.78 is 0. The Kier molecular flexibility index (Phi) is 2.18. The van der Waals surface area contributed by atoms with Gasteiger partial charge < -0.3 is 10.2 Å². The van der Waals surface area contributed by atoms with E-state index in [-0.39, 0.29) is 0 Å². The van der Waals surface area contributed by atoms with Gasteiger partial charge in [-0.05, 0) is 12.1 Å². The summed E-state index contributed by atoms with van der Waals surface area (Å²) in [6, 6.07) is 8.25. The summed E-state index contributed by atoms with van der Waals surface area (Å²) in [6.07, 6.45) is 5.21. The van der Waals surface area contributed by atoms with Crippen LogP contribution in [0.1, 0.15) is 0 Å². The zero-order valence-electron chi connectivity index (χ0n) is 8.80. The fraction of sp³-hybridized carbons (Fsp3) is 0.167. The molecule has 0 unspecified atom stereocenters. The molecule has 0 aliphatic carbocycles. The largest absolute Gasteiger partial charge is 0.382 e. The quantitative estimate of drug-likeness (QED) is 0.785. The first-order valence-electron chi connectivity index (χ1n) is 5.31. The van der Waals surface area contributed by atoms with Gasteiger partial charge >= 0.3 is 0 Å². The van der Waals surface area contributed by atoms with Gasteiger partial charge in [-0.2, -0.15) is 0 Å². The van der Waals surface area contributed by atoms with Gasteiger partial charge in [0.05, 0.1) is 17.6 Å². The summed E-state index contributed by atoms with van der Waals surface area (Å²) in [6.45, 7) is 1.84. The Morgan fingerprint density at radius 3 is 3.00 bits per heavy atom. The lowest BCUT2D eigenvalue weighted by atomic mass is 10.2. The zero-order valence-corrected chi connectivity index (χ0v) is 8.80. The van der Waals surface area contributed by atoms with Crippen molar-refractivity contribution in [2.24, 2.45) is 0 Å². The average Bonchev–Trinajstić information content (AvgIpc) is 2.39. The molecule has 1 aliphatic rings. The first kappa shape index (κ1) is 9.15. The van der Waals surface area contributed by atoms with Crippen LogP contribution in [0, 0.1) is 0 Å². The summed E-state index contributed by atoms with van der Waals surface area (Å²) in [5.41, 5.74) is 2.31. The van der Waals surface area contributed by atoms with Crippen molar-refractivity contribution in [1.29, 1.82) is 0 Å². The molecular formula is C12H12N4. The van der Waals surface area contributed by atoms with Crippen LogP contribution in [0.2, 0.25) is 0 Å². The molecule has 0 fully saturated rings. The summed E-state index contributed by atoms with van der Waals surface area (Å²) in [4.78, 5) is 10.6. The maximum atomic E-state index is 4.34. The van der Waals surface area contributed by atoms with Crippen molar-refractivity contribution < 1.29 is 0 Å². The Morgan fingerprint density at radius 2 is 2.12 bits per heavy atom. The molecule has 0 saturated carbocycles. The molecule has 4 heteroatoms. The van der Waals surface area contributed by atoms with Gasteiger partial charge in [0.1, 0.15) is 0 Å². The van der Waals surface area contributed by atoms with Crippen molar-refractivity contribution in [2.75, 3.05) is 23.3 Å². The first-order chi connectivity index (χ1) is 7.95. The van der Waals surface area contributed by atoms with E-state index in [9.17, 15) is 0 Å². The van der Waals surface area contributed by atoms with Crippen LogP contribution < -0.4 is 10.2 Å². The van der Waals surface area contributed by atoms with Gasteiger partial charge in [0, 0.05) is 25.5 Å². The van der Waals surface area contributed by atoms with E-state index in [0.29, 0.717) is 0 Å². The lowest BCUT2D eigenvalue weighted by molar-refractivity contribution is 0.901. The predicted octanol–water partition coefficient (Wildman–Crippen LogP) is 2.04. The number of aromatic nitrogens is 2. The fourth-order valence-electron chi connectivity index (χ4n) is 1.95. The molecule has 3 rings (SSSR count). The maximum Gasteiger partial charge on any atom is 0.151 e. The van der Waals surface area contributed by atoms with Crippen molar-refractivity contribution in [3.8, 4) is 0 Å². The van der Waals surface area contributed by atoms with E-state index in [1.54, 1.807) is 18.6 Å². The third-order valence-electron chi connectivity index (χ3n) is 2.67. The Morgan fingerprint density at radius 1 is 1.19 bits per heavy atom. The highest BCUT2D eigenvalue weighted by atomic mass is 15.2. The molecule has 16 heavy (non-hydrogen) atoms. The molecule has 1 N–H and O–H groups in total. The number of anilines is 3. The van der Waals surface area contributed by atoms with Crippen LogP contribution in [-0.2, 0) is 0 Å². The molecule has 4 nitrogen and oxygen atoms in total. The lowest BCUT2D eigenvalue weighted by Gasteiger charge is -2.30. The van der Waals surface area contributed by atoms with Crippen molar-refractivity contribution in [2.45, 2.75) is 0 Å². The van der Waals surface area contributed by atoms with Gasteiger partial charge in [0.2, 0.25) is 0 Å². The van der Waals surface area contributed by atoms with Gasteiger partial charge in [0.15, 0.2) is 5.82 Å². The summed E-state index contributed by atoms with van der Waals surface area (Å²) >= 11 is 0. The molecule has 2 heterocycles. The van der Waals surface area contributed by atoms with Crippen molar-refractivity contribution in [3.05, 3.63) is 42.9 Å². The standard InChI is InChI=1S/C12H12N4/c1-2-4-11-10(3-1)14-7-8-16(11)12-9-13-5-6-15-12/h1-6,9,14H,7-8H2. The van der Waals surface area contributed by atoms with Gasteiger partial charge in [-0.25, -0.2) is 4.98 Å². The average molecular weight is 212 g/mol. The first-order valence-corrected chi connectivity index (χ1v) is 5.31. The highest BCUT2D eigenvalue weighted by molar-refractivity contribution is 5.76. The number of hydrogen-bond acceptors (Lipinski definition) is 4. The second-order valence-corrected chi connectivity index (χ2v) is 3.66. The molecule has 1 aromatic heterocycles. The Bertz CT molecular complexity index is 483. The lowest BCUT2D eigenvalue weighted by Crippen LogP contribution is -2.30. The molecule has 0 atom stereocenters. The summed E-state index contributed by atoms with van der Waals surface area (Å²) in [7, 11) is 0. The number of para-hydroxylation sites is 2. The number of nitrogens with one attached hydrogen (secondary N) is 1. The molecule has 80 valence electrons. The summed E-state index contributed by atoms with van der Waals surface area (Å²) in [5, 5.41) is 3.37. The Balaban J connectivity index is 2.05. The fourth-order valence-corrected chi connectivity index (χ4v) is 1.95. The van der Waals surface area contributed by atoms with E-state index >= 15 is 0 Å². The van der Waals surface area contributed by atoms with Crippen LogP contribution in [0.15, 0.2) is 42.9 Å². The molecule has 0 bridgehead atoms. The molecule has 0 saturated heterocycles. The summed E-state index contributed by atoms with van der Waals surface area (Å²) in [5.74, 6) is 0.899. The SMILES string of the molecule is c1ccc2c(c1)NCCN2c1cnccn1.